The molecule has 0 saturated carbocycles. The molecule has 0 aliphatic carbocycles. The summed E-state index contributed by atoms with van der Waals surface area (Å²) in [4.78, 5) is 26.5. The minimum absolute atomic E-state index is 0.0259. The third-order valence-electron chi connectivity index (χ3n) is 3.92. The van der Waals surface area contributed by atoms with Gasteiger partial charge in [0.05, 0.1) is 23.3 Å². The van der Waals surface area contributed by atoms with Gasteiger partial charge in [-0.25, -0.2) is 4.79 Å². The minimum Gasteiger partial charge on any atom is -0.493 e. The van der Waals surface area contributed by atoms with Crippen molar-refractivity contribution in [3.8, 4) is 11.5 Å². The molecule has 0 unspecified atom stereocenters. The highest BCUT2D eigenvalue weighted by Crippen LogP contribution is 2.30. The number of rotatable bonds is 6. The topological polar surface area (TPSA) is 100 Å². The molecule has 27 heavy (non-hydrogen) atoms. The summed E-state index contributed by atoms with van der Waals surface area (Å²) in [5, 5.41) is 14.3. The Morgan fingerprint density at radius 2 is 1.93 bits per heavy atom. The van der Waals surface area contributed by atoms with Gasteiger partial charge in [-0.1, -0.05) is 11.2 Å². The molecule has 0 amide bonds. The van der Waals surface area contributed by atoms with Crippen LogP contribution in [0, 0.1) is 10.1 Å². The number of benzene rings is 2. The third-order valence-corrected chi connectivity index (χ3v) is 3.92. The van der Waals surface area contributed by atoms with Crippen molar-refractivity contribution in [2.45, 2.75) is 13.5 Å². The maximum Gasteiger partial charge on any atom is 0.367 e. The molecule has 0 N–H and O–H groups in total. The number of oxime groups is 1. The van der Waals surface area contributed by atoms with Crippen molar-refractivity contribution >= 4 is 23.4 Å². The first-order valence-corrected chi connectivity index (χ1v) is 8.00. The van der Waals surface area contributed by atoms with E-state index in [-0.39, 0.29) is 12.3 Å². The lowest BCUT2D eigenvalue weighted by atomic mass is 10.1. The maximum absolute atomic E-state index is 11.6. The Labute approximate surface area is 154 Å². The van der Waals surface area contributed by atoms with Crippen molar-refractivity contribution in [3.63, 3.8) is 0 Å². The van der Waals surface area contributed by atoms with Crippen LogP contribution in [-0.2, 0) is 16.2 Å². The van der Waals surface area contributed by atoms with E-state index >= 15 is 0 Å². The van der Waals surface area contributed by atoms with Gasteiger partial charge < -0.3 is 14.3 Å². The molecular weight excluding hydrogens is 352 g/mol. The van der Waals surface area contributed by atoms with Crippen molar-refractivity contribution in [3.05, 3.63) is 69.3 Å². The Bertz CT molecular complexity index is 947. The van der Waals surface area contributed by atoms with Crippen LogP contribution in [0.5, 0.6) is 11.5 Å². The van der Waals surface area contributed by atoms with E-state index in [9.17, 15) is 14.9 Å². The van der Waals surface area contributed by atoms with Crippen LogP contribution in [0.2, 0.25) is 0 Å². The number of methoxy groups -OCH3 is 1. The van der Waals surface area contributed by atoms with Gasteiger partial charge in [0, 0.05) is 12.1 Å². The van der Waals surface area contributed by atoms with Gasteiger partial charge in [-0.15, -0.1) is 0 Å². The van der Waals surface area contributed by atoms with E-state index in [0.29, 0.717) is 22.8 Å². The van der Waals surface area contributed by atoms with Crippen LogP contribution in [-0.4, -0.2) is 23.7 Å². The van der Waals surface area contributed by atoms with Gasteiger partial charge in [0.15, 0.2) is 11.5 Å². The Kier molecular flexibility index (Phi) is 5.16. The molecule has 0 aromatic heterocycles. The van der Waals surface area contributed by atoms with Gasteiger partial charge in [0.2, 0.25) is 0 Å². The van der Waals surface area contributed by atoms with Crippen molar-refractivity contribution in [2.24, 2.45) is 5.16 Å². The average Bonchev–Trinajstić information content (AvgIpc) is 2.99. The van der Waals surface area contributed by atoms with Gasteiger partial charge in [0.1, 0.15) is 6.61 Å². The van der Waals surface area contributed by atoms with Crippen LogP contribution < -0.4 is 9.47 Å². The summed E-state index contributed by atoms with van der Waals surface area (Å²) in [6, 6.07) is 11.4. The van der Waals surface area contributed by atoms with Crippen LogP contribution in [0.3, 0.4) is 0 Å². The van der Waals surface area contributed by atoms with Crippen LogP contribution in [0.25, 0.3) is 6.08 Å². The van der Waals surface area contributed by atoms with Gasteiger partial charge in [-0.05, 0) is 48.4 Å². The lowest BCUT2D eigenvalue weighted by molar-refractivity contribution is -0.384. The molecule has 0 fully saturated rings. The monoisotopic (exact) mass is 368 g/mol. The molecule has 0 bridgehead atoms. The molecule has 1 aliphatic rings. The quantitative estimate of drug-likeness (QED) is 0.335. The summed E-state index contributed by atoms with van der Waals surface area (Å²) < 4.78 is 11.1. The molecule has 2 aromatic carbocycles. The summed E-state index contributed by atoms with van der Waals surface area (Å²) in [6.07, 6.45) is 1.66. The SMILES string of the molecule is COc1cc(/C=C2/C(=O)ON=C2C)ccc1OCc1ccc([N+](=O)[O-])cc1. The normalized spacial score (nSPS) is 14.7. The highest BCUT2D eigenvalue weighted by atomic mass is 16.7. The maximum atomic E-state index is 11.6. The van der Waals surface area contributed by atoms with E-state index in [1.165, 1.54) is 19.2 Å². The van der Waals surface area contributed by atoms with E-state index < -0.39 is 10.9 Å². The molecule has 3 rings (SSSR count). The lowest BCUT2D eigenvalue weighted by Gasteiger charge is -2.11. The minimum atomic E-state index is -0.495. The van der Waals surface area contributed by atoms with E-state index in [1.54, 1.807) is 43.3 Å². The van der Waals surface area contributed by atoms with Crippen molar-refractivity contribution in [2.75, 3.05) is 7.11 Å². The number of non-ortho nitro benzene ring substituents is 1. The van der Waals surface area contributed by atoms with Gasteiger partial charge in [0.25, 0.3) is 5.69 Å². The molecule has 2 aromatic rings. The zero-order valence-corrected chi connectivity index (χ0v) is 14.7. The number of hydrogen-bond donors (Lipinski definition) is 0. The molecular formula is C19H16N2O6. The highest BCUT2D eigenvalue weighted by molar-refractivity contribution is 6.24. The number of nitrogens with zero attached hydrogens (tertiary/aromatic N) is 2. The second-order valence-corrected chi connectivity index (χ2v) is 5.74. The Balaban J connectivity index is 1.75. The van der Waals surface area contributed by atoms with E-state index in [2.05, 4.69) is 9.99 Å². The zero-order chi connectivity index (χ0) is 19.4. The second kappa shape index (κ2) is 7.69. The molecule has 0 spiro atoms. The fourth-order valence-electron chi connectivity index (χ4n) is 2.45. The van der Waals surface area contributed by atoms with Crippen LogP contribution in [0.15, 0.2) is 53.2 Å². The van der Waals surface area contributed by atoms with E-state index in [1.807, 2.05) is 0 Å². The summed E-state index contributed by atoms with van der Waals surface area (Å²) in [6.45, 7) is 1.92. The van der Waals surface area contributed by atoms with E-state index in [4.69, 9.17) is 9.47 Å². The predicted octanol–water partition coefficient (Wildman–Crippen LogP) is 3.50. The van der Waals surface area contributed by atoms with Crippen molar-refractivity contribution < 1.29 is 24.0 Å². The number of hydrogen-bond acceptors (Lipinski definition) is 7. The number of nitro groups is 1. The highest BCUT2D eigenvalue weighted by Gasteiger charge is 2.21. The number of carbonyl (C=O) groups excluding carboxylic acids is 1. The number of carbonyl (C=O) groups is 1. The van der Waals surface area contributed by atoms with Gasteiger partial charge in [-0.2, -0.15) is 0 Å². The second-order valence-electron chi connectivity index (χ2n) is 5.74. The van der Waals surface area contributed by atoms with Crippen LogP contribution >= 0.6 is 0 Å². The van der Waals surface area contributed by atoms with Crippen molar-refractivity contribution in [1.82, 2.24) is 0 Å². The number of nitro benzene ring substituents is 1. The van der Waals surface area contributed by atoms with Crippen LogP contribution in [0.1, 0.15) is 18.1 Å². The summed E-state index contributed by atoms with van der Waals surface area (Å²) >= 11 is 0. The first-order valence-electron chi connectivity index (χ1n) is 8.00. The Morgan fingerprint density at radius 3 is 2.52 bits per heavy atom. The molecule has 1 heterocycles. The first-order chi connectivity index (χ1) is 13.0. The summed E-state index contributed by atoms with van der Waals surface area (Å²) in [5.74, 6) is 0.509. The molecule has 8 nitrogen and oxygen atoms in total. The Morgan fingerprint density at radius 1 is 1.19 bits per heavy atom. The first kappa shape index (κ1) is 18.1. The fourth-order valence-corrected chi connectivity index (χ4v) is 2.45. The Hall–Kier alpha value is -3.68. The number of ether oxygens (including phenoxy) is 2. The lowest BCUT2D eigenvalue weighted by Crippen LogP contribution is -2.02. The largest absolute Gasteiger partial charge is 0.493 e. The third kappa shape index (κ3) is 4.12. The smallest absolute Gasteiger partial charge is 0.367 e. The summed E-state index contributed by atoms with van der Waals surface area (Å²) in [5.41, 5.74) is 2.44. The van der Waals surface area contributed by atoms with Crippen molar-refractivity contribution in [1.29, 1.82) is 0 Å². The molecule has 0 saturated heterocycles. The molecule has 0 atom stereocenters. The van der Waals surface area contributed by atoms with Crippen LogP contribution in [0.4, 0.5) is 5.69 Å². The molecule has 138 valence electrons. The molecule has 1 aliphatic heterocycles. The summed E-state index contributed by atoms with van der Waals surface area (Å²) in [7, 11) is 1.52. The fraction of sp³-hybridized carbons (Fsp3) is 0.158. The van der Waals surface area contributed by atoms with E-state index in [0.717, 1.165) is 11.1 Å². The standard InChI is InChI=1S/C19H16N2O6/c1-12-16(19(22)27-20-12)9-14-5-8-17(18(10-14)25-2)26-11-13-3-6-15(7-4-13)21(23)24/h3-10H,11H2,1-2H3/b16-9+. The molecule has 0 radical (unpaired) electrons. The van der Waals surface area contributed by atoms with Gasteiger partial charge >= 0.3 is 5.97 Å². The molecule has 8 heteroatoms. The zero-order valence-electron chi connectivity index (χ0n) is 14.7. The predicted molar refractivity (Wildman–Crippen MR) is 97.6 cm³/mol. The average molecular weight is 368 g/mol. The van der Waals surface area contributed by atoms with Gasteiger partial charge in [-0.3, -0.25) is 10.1 Å².